The molecule has 0 unspecified atom stereocenters. The van der Waals surface area contributed by atoms with Crippen LogP contribution in [0.15, 0.2) is 94.1 Å². The topological polar surface area (TPSA) is 65.7 Å². The molecule has 0 bridgehead atoms. The van der Waals surface area contributed by atoms with E-state index in [1.54, 1.807) is 25.3 Å². The predicted molar refractivity (Wildman–Crippen MR) is 118 cm³/mol. The molecule has 5 heteroatoms. The quantitative estimate of drug-likeness (QED) is 0.312. The van der Waals surface area contributed by atoms with Crippen LogP contribution in [-0.2, 0) is 16.1 Å². The van der Waals surface area contributed by atoms with E-state index >= 15 is 0 Å². The molecule has 31 heavy (non-hydrogen) atoms. The van der Waals surface area contributed by atoms with E-state index in [-0.39, 0.29) is 24.9 Å². The van der Waals surface area contributed by atoms with Gasteiger partial charge >= 0.3 is 11.6 Å². The summed E-state index contributed by atoms with van der Waals surface area (Å²) >= 11 is 0. The molecule has 0 saturated heterocycles. The Morgan fingerprint density at radius 2 is 1.55 bits per heavy atom. The zero-order valence-electron chi connectivity index (χ0n) is 17.1. The molecule has 0 aliphatic heterocycles. The third-order valence-electron chi connectivity index (χ3n) is 5.20. The van der Waals surface area contributed by atoms with E-state index in [2.05, 4.69) is 0 Å². The maximum atomic E-state index is 12.8. The van der Waals surface area contributed by atoms with Crippen molar-refractivity contribution < 1.29 is 18.7 Å². The molecule has 1 aromatic heterocycles. The first-order valence-corrected chi connectivity index (χ1v) is 10.0. The molecule has 156 valence electrons. The number of methoxy groups -OCH3 is 1. The summed E-state index contributed by atoms with van der Waals surface area (Å²) in [6.45, 7) is -0.0104. The molecular formula is C26H22O5. The largest absolute Gasteiger partial charge is 0.497 e. The van der Waals surface area contributed by atoms with E-state index in [4.69, 9.17) is 13.9 Å². The van der Waals surface area contributed by atoms with Gasteiger partial charge in [-0.15, -0.1) is 0 Å². The Kier molecular flexibility index (Phi) is 6.13. The lowest BCUT2D eigenvalue weighted by atomic mass is 9.89. The van der Waals surface area contributed by atoms with Gasteiger partial charge in [-0.05, 0) is 23.3 Å². The van der Waals surface area contributed by atoms with Gasteiger partial charge in [-0.2, -0.15) is 0 Å². The van der Waals surface area contributed by atoms with Crippen LogP contribution in [0.4, 0.5) is 0 Å². The molecule has 0 amide bonds. The second-order valence-electron chi connectivity index (χ2n) is 7.19. The lowest BCUT2D eigenvalue weighted by Gasteiger charge is -2.17. The van der Waals surface area contributed by atoms with Crippen LogP contribution in [0.5, 0.6) is 5.75 Å². The van der Waals surface area contributed by atoms with Gasteiger partial charge in [0, 0.05) is 29.0 Å². The minimum atomic E-state index is -0.502. The van der Waals surface area contributed by atoms with Crippen LogP contribution >= 0.6 is 0 Å². The third kappa shape index (κ3) is 4.83. The summed E-state index contributed by atoms with van der Waals surface area (Å²) in [5.41, 5.74) is 2.58. The molecule has 0 aliphatic carbocycles. The fraction of sp³-hybridized carbons (Fsp3) is 0.154. The van der Waals surface area contributed by atoms with Crippen molar-refractivity contribution in [3.8, 4) is 5.75 Å². The van der Waals surface area contributed by atoms with Gasteiger partial charge in [0.05, 0.1) is 13.5 Å². The number of carbonyl (C=O) groups is 1. The van der Waals surface area contributed by atoms with Crippen molar-refractivity contribution in [2.75, 3.05) is 7.11 Å². The first-order chi connectivity index (χ1) is 15.1. The van der Waals surface area contributed by atoms with Gasteiger partial charge in [0.1, 0.15) is 17.9 Å². The van der Waals surface area contributed by atoms with Crippen molar-refractivity contribution in [3.05, 3.63) is 112 Å². The van der Waals surface area contributed by atoms with Gasteiger partial charge in [-0.1, -0.05) is 60.7 Å². The molecule has 4 rings (SSSR count). The van der Waals surface area contributed by atoms with Gasteiger partial charge in [-0.3, -0.25) is 4.79 Å². The second-order valence-corrected chi connectivity index (χ2v) is 7.19. The van der Waals surface area contributed by atoms with Gasteiger partial charge in [0.25, 0.3) is 0 Å². The number of rotatable bonds is 7. The number of hydrogen-bond acceptors (Lipinski definition) is 5. The first kappa shape index (κ1) is 20.4. The maximum Gasteiger partial charge on any atom is 0.336 e. The van der Waals surface area contributed by atoms with E-state index in [0.29, 0.717) is 22.3 Å². The molecule has 0 atom stereocenters. The van der Waals surface area contributed by atoms with E-state index in [9.17, 15) is 9.59 Å². The monoisotopic (exact) mass is 414 g/mol. The van der Waals surface area contributed by atoms with Crippen LogP contribution in [0.1, 0.15) is 29.0 Å². The molecule has 0 N–H and O–H groups in total. The summed E-state index contributed by atoms with van der Waals surface area (Å²) in [4.78, 5) is 24.7. The smallest absolute Gasteiger partial charge is 0.336 e. The zero-order chi connectivity index (χ0) is 21.6. The van der Waals surface area contributed by atoms with Gasteiger partial charge in [0.15, 0.2) is 0 Å². The van der Waals surface area contributed by atoms with Crippen molar-refractivity contribution in [3.63, 3.8) is 0 Å². The van der Waals surface area contributed by atoms with Gasteiger partial charge in [0.2, 0.25) is 0 Å². The molecule has 0 radical (unpaired) electrons. The standard InChI is InChI=1S/C26H22O5/c1-29-21-12-13-22-20(14-26(28)31-24(22)15-21)17-30-25(27)16-23(18-8-4-2-5-9-18)19-10-6-3-7-11-19/h2-15,23H,16-17H2,1H3. The van der Waals surface area contributed by atoms with E-state index in [1.165, 1.54) is 6.07 Å². The van der Waals surface area contributed by atoms with Crippen molar-refractivity contribution in [2.45, 2.75) is 18.9 Å². The van der Waals surface area contributed by atoms with Crippen molar-refractivity contribution >= 4 is 16.9 Å². The van der Waals surface area contributed by atoms with Gasteiger partial charge < -0.3 is 13.9 Å². The Morgan fingerprint density at radius 1 is 0.903 bits per heavy atom. The number of carbonyl (C=O) groups excluding carboxylic acids is 1. The van der Waals surface area contributed by atoms with E-state index < -0.39 is 5.63 Å². The highest BCUT2D eigenvalue weighted by Crippen LogP contribution is 2.29. The highest BCUT2D eigenvalue weighted by molar-refractivity contribution is 5.81. The molecule has 1 heterocycles. The number of hydrogen-bond donors (Lipinski definition) is 0. The average Bonchev–Trinajstić information content (AvgIpc) is 2.81. The highest BCUT2D eigenvalue weighted by atomic mass is 16.5. The fourth-order valence-electron chi connectivity index (χ4n) is 3.64. The van der Waals surface area contributed by atoms with Crippen molar-refractivity contribution in [1.82, 2.24) is 0 Å². The maximum absolute atomic E-state index is 12.8. The molecule has 0 aliphatic rings. The minimum absolute atomic E-state index is 0.0104. The van der Waals surface area contributed by atoms with E-state index in [1.807, 2.05) is 60.7 Å². The number of benzene rings is 3. The average molecular weight is 414 g/mol. The van der Waals surface area contributed by atoms with Crippen molar-refractivity contribution in [1.29, 1.82) is 0 Å². The molecule has 0 saturated carbocycles. The highest BCUT2D eigenvalue weighted by Gasteiger charge is 2.19. The van der Waals surface area contributed by atoms with E-state index in [0.717, 1.165) is 11.1 Å². The Bertz CT molecular complexity index is 1190. The Labute approximate surface area is 179 Å². The van der Waals surface area contributed by atoms with Crippen LogP contribution in [0.25, 0.3) is 11.0 Å². The summed E-state index contributed by atoms with van der Waals surface area (Å²) in [7, 11) is 1.54. The summed E-state index contributed by atoms with van der Waals surface area (Å²) in [6.07, 6.45) is 0.196. The Morgan fingerprint density at radius 3 is 2.16 bits per heavy atom. The van der Waals surface area contributed by atoms with Crippen LogP contribution in [-0.4, -0.2) is 13.1 Å². The summed E-state index contributed by atoms with van der Waals surface area (Å²) in [5.74, 6) is 0.128. The first-order valence-electron chi connectivity index (χ1n) is 10.0. The van der Waals surface area contributed by atoms with Crippen molar-refractivity contribution in [2.24, 2.45) is 0 Å². The molecular weight excluding hydrogens is 392 g/mol. The summed E-state index contributed by atoms with van der Waals surface area (Å²) in [5, 5.41) is 0.705. The number of esters is 1. The Balaban J connectivity index is 1.54. The van der Waals surface area contributed by atoms with Crippen LogP contribution in [0.2, 0.25) is 0 Å². The summed E-state index contributed by atoms with van der Waals surface area (Å²) < 4.78 is 16.0. The molecule has 0 fully saturated rings. The Hall–Kier alpha value is -3.86. The fourth-order valence-corrected chi connectivity index (χ4v) is 3.64. The molecule has 0 spiro atoms. The lowest BCUT2D eigenvalue weighted by Crippen LogP contribution is -2.12. The normalized spacial score (nSPS) is 10.9. The summed E-state index contributed by atoms with van der Waals surface area (Å²) in [6, 6.07) is 26.3. The third-order valence-corrected chi connectivity index (χ3v) is 5.20. The SMILES string of the molecule is COc1ccc2c(COC(=O)CC(c3ccccc3)c3ccccc3)cc(=O)oc2c1. The predicted octanol–water partition coefficient (Wildman–Crippen LogP) is 5.07. The number of fused-ring (bicyclic) bond motifs is 1. The lowest BCUT2D eigenvalue weighted by molar-refractivity contribution is -0.145. The van der Waals surface area contributed by atoms with Crippen LogP contribution in [0.3, 0.4) is 0 Å². The molecule has 3 aromatic carbocycles. The molecule has 5 nitrogen and oxygen atoms in total. The second kappa shape index (κ2) is 9.30. The van der Waals surface area contributed by atoms with Crippen LogP contribution in [0, 0.1) is 0 Å². The minimum Gasteiger partial charge on any atom is -0.497 e. The molecule has 4 aromatic rings. The zero-order valence-corrected chi connectivity index (χ0v) is 17.1. The van der Waals surface area contributed by atoms with Gasteiger partial charge in [-0.25, -0.2) is 4.79 Å². The number of ether oxygens (including phenoxy) is 2. The van der Waals surface area contributed by atoms with Crippen LogP contribution < -0.4 is 10.4 Å².